The van der Waals surface area contributed by atoms with Crippen LogP contribution in [0.3, 0.4) is 0 Å². The molecule has 2 aromatic rings. The zero-order valence-corrected chi connectivity index (χ0v) is 22.1. The van der Waals surface area contributed by atoms with E-state index in [0.29, 0.717) is 32.2 Å². The van der Waals surface area contributed by atoms with Crippen molar-refractivity contribution in [3.63, 3.8) is 0 Å². The van der Waals surface area contributed by atoms with Gasteiger partial charge in [0.05, 0.1) is 11.7 Å². The quantitative estimate of drug-likeness (QED) is 0.475. The zero-order chi connectivity index (χ0) is 27.0. The third kappa shape index (κ3) is 5.45. The lowest BCUT2D eigenvalue weighted by Crippen LogP contribution is -2.54. The van der Waals surface area contributed by atoms with Crippen LogP contribution in [0.1, 0.15) is 19.4 Å². The first-order chi connectivity index (χ1) is 18.2. The Balaban J connectivity index is 1.14. The van der Waals surface area contributed by atoms with Crippen molar-refractivity contribution in [3.05, 3.63) is 52.6 Å². The third-order valence-corrected chi connectivity index (χ3v) is 8.35. The van der Waals surface area contributed by atoms with Crippen LogP contribution in [0.5, 0.6) is 0 Å². The Morgan fingerprint density at radius 3 is 2.24 bits per heavy atom. The van der Waals surface area contributed by atoms with Crippen molar-refractivity contribution in [2.45, 2.75) is 32.4 Å². The second-order valence-electron chi connectivity index (χ2n) is 10.9. The van der Waals surface area contributed by atoms with Gasteiger partial charge in [0.2, 0.25) is 5.91 Å². The maximum absolute atomic E-state index is 12.7. The van der Waals surface area contributed by atoms with Crippen molar-refractivity contribution in [2.24, 2.45) is 29.2 Å². The number of amides is 3. The standard InChI is InChI=1S/C27H38N8O3/c1-17(34-15-22-21(14-28)23(22)16-34)13-19-3-5-20(6-4-19)35-8-7-24(31-27(35)38)30-26(37)33-11-9-32(10-12-33)25(36)18(2)29/h3-8,17-18,21-23H,9-16,28-29H2,1-2H3,(H,30,31,37,38)/t17?,18-,21?,22?,23?/m0/s1. The number of benzene rings is 1. The molecule has 0 spiro atoms. The molecule has 3 unspecified atom stereocenters. The molecule has 2 saturated heterocycles. The highest BCUT2D eigenvalue weighted by atomic mass is 16.2. The van der Waals surface area contributed by atoms with E-state index in [9.17, 15) is 14.4 Å². The number of hydrogen-bond donors (Lipinski definition) is 3. The van der Waals surface area contributed by atoms with Crippen LogP contribution in [0.15, 0.2) is 41.3 Å². The summed E-state index contributed by atoms with van der Waals surface area (Å²) in [7, 11) is 0. The number of piperidine rings is 1. The van der Waals surface area contributed by atoms with Crippen molar-refractivity contribution >= 4 is 17.8 Å². The lowest BCUT2D eigenvalue weighted by atomic mass is 10.0. The van der Waals surface area contributed by atoms with Crippen molar-refractivity contribution in [1.29, 1.82) is 0 Å². The Morgan fingerprint density at radius 1 is 1.03 bits per heavy atom. The van der Waals surface area contributed by atoms with Crippen LogP contribution in [0.2, 0.25) is 0 Å². The zero-order valence-electron chi connectivity index (χ0n) is 22.1. The molecule has 0 bridgehead atoms. The molecule has 5 N–H and O–H groups in total. The summed E-state index contributed by atoms with van der Waals surface area (Å²) in [5.74, 6) is 2.38. The summed E-state index contributed by atoms with van der Waals surface area (Å²) in [4.78, 5) is 47.3. The number of nitrogens with two attached hydrogens (primary N) is 2. The fourth-order valence-electron chi connectivity index (χ4n) is 5.93. The van der Waals surface area contributed by atoms with Crippen LogP contribution in [-0.2, 0) is 11.2 Å². The number of piperazine rings is 1. The summed E-state index contributed by atoms with van der Waals surface area (Å²) in [6, 6.07) is 9.14. The average molecular weight is 523 g/mol. The van der Waals surface area contributed by atoms with Gasteiger partial charge in [0, 0.05) is 51.5 Å². The number of rotatable bonds is 7. The predicted molar refractivity (Wildman–Crippen MR) is 145 cm³/mol. The minimum absolute atomic E-state index is 0.123. The first-order valence-corrected chi connectivity index (χ1v) is 13.5. The van der Waals surface area contributed by atoms with Gasteiger partial charge in [-0.3, -0.25) is 19.6 Å². The SMILES string of the molecule is CC(Cc1ccc(-n2ccc(NC(=O)N3CCN(C(=O)[C@H](C)N)CC3)nc2=O)cc1)N1CC2C(CN)C2C1. The van der Waals surface area contributed by atoms with Crippen LogP contribution in [-0.4, -0.2) is 94.1 Å². The minimum Gasteiger partial charge on any atom is -0.338 e. The largest absolute Gasteiger partial charge is 0.354 e. The lowest BCUT2D eigenvalue weighted by Gasteiger charge is -2.35. The molecule has 1 saturated carbocycles. The molecule has 38 heavy (non-hydrogen) atoms. The monoisotopic (exact) mass is 522 g/mol. The maximum Gasteiger partial charge on any atom is 0.354 e. The van der Waals surface area contributed by atoms with Crippen LogP contribution in [0.4, 0.5) is 10.6 Å². The molecule has 204 valence electrons. The van der Waals surface area contributed by atoms with E-state index in [1.807, 2.05) is 12.1 Å². The van der Waals surface area contributed by atoms with Gasteiger partial charge in [-0.05, 0) is 68.3 Å². The van der Waals surface area contributed by atoms with Gasteiger partial charge in [-0.2, -0.15) is 4.98 Å². The average Bonchev–Trinajstić information content (AvgIpc) is 3.38. The Bertz CT molecular complexity index is 1210. The van der Waals surface area contributed by atoms with Gasteiger partial charge >= 0.3 is 11.7 Å². The Morgan fingerprint density at radius 2 is 1.66 bits per heavy atom. The van der Waals surface area contributed by atoms with E-state index in [1.165, 1.54) is 10.1 Å². The van der Waals surface area contributed by atoms with Crippen LogP contribution >= 0.6 is 0 Å². The summed E-state index contributed by atoms with van der Waals surface area (Å²) in [6.07, 6.45) is 2.57. The van der Waals surface area contributed by atoms with Gasteiger partial charge in [-0.25, -0.2) is 9.59 Å². The van der Waals surface area contributed by atoms with Crippen molar-refractivity contribution in [2.75, 3.05) is 51.1 Å². The topological polar surface area (TPSA) is 143 Å². The molecule has 3 amide bonds. The summed E-state index contributed by atoms with van der Waals surface area (Å²) in [5.41, 5.74) is 13.0. The molecular weight excluding hydrogens is 484 g/mol. The van der Waals surface area contributed by atoms with Gasteiger partial charge < -0.3 is 21.3 Å². The number of carbonyl (C=O) groups is 2. The summed E-state index contributed by atoms with van der Waals surface area (Å²) >= 11 is 0. The van der Waals surface area contributed by atoms with Gasteiger partial charge in [-0.1, -0.05) is 12.1 Å². The molecule has 2 aliphatic heterocycles. The number of nitrogens with one attached hydrogen (secondary N) is 1. The Hall–Kier alpha value is -3.28. The second kappa shape index (κ2) is 10.8. The second-order valence-corrected chi connectivity index (χ2v) is 10.9. The van der Waals surface area contributed by atoms with E-state index in [0.717, 1.165) is 49.5 Å². The Labute approximate surface area is 222 Å². The van der Waals surface area contributed by atoms with Crippen molar-refractivity contribution in [3.8, 4) is 5.69 Å². The van der Waals surface area contributed by atoms with Gasteiger partial charge in [0.25, 0.3) is 0 Å². The molecule has 0 radical (unpaired) electrons. The molecule has 5 rings (SSSR count). The normalized spacial score (nSPS) is 24.6. The summed E-state index contributed by atoms with van der Waals surface area (Å²) < 4.78 is 1.46. The molecule has 3 aliphatic rings. The fourth-order valence-corrected chi connectivity index (χ4v) is 5.93. The van der Waals surface area contributed by atoms with E-state index in [2.05, 4.69) is 34.3 Å². The predicted octanol–water partition coefficient (Wildman–Crippen LogP) is 0.323. The highest BCUT2D eigenvalue weighted by Crippen LogP contribution is 2.51. The number of urea groups is 1. The smallest absolute Gasteiger partial charge is 0.338 e. The number of hydrogen-bond acceptors (Lipinski definition) is 7. The number of anilines is 1. The van der Waals surface area contributed by atoms with Crippen LogP contribution < -0.4 is 22.5 Å². The van der Waals surface area contributed by atoms with E-state index in [-0.39, 0.29) is 17.8 Å². The van der Waals surface area contributed by atoms with Crippen LogP contribution in [0, 0.1) is 17.8 Å². The number of likely N-dealkylation sites (tertiary alicyclic amines) is 1. The molecule has 11 nitrogen and oxygen atoms in total. The Kier molecular flexibility index (Phi) is 7.51. The minimum atomic E-state index is -0.559. The molecule has 3 heterocycles. The van der Waals surface area contributed by atoms with E-state index >= 15 is 0 Å². The van der Waals surface area contributed by atoms with Gasteiger partial charge in [0.15, 0.2) is 0 Å². The number of carbonyl (C=O) groups excluding carboxylic acids is 2. The first kappa shape index (κ1) is 26.3. The molecule has 11 heteroatoms. The molecule has 1 aromatic carbocycles. The van der Waals surface area contributed by atoms with Gasteiger partial charge in [0.1, 0.15) is 5.82 Å². The first-order valence-electron chi connectivity index (χ1n) is 13.5. The highest BCUT2D eigenvalue weighted by molar-refractivity contribution is 5.88. The highest BCUT2D eigenvalue weighted by Gasteiger charge is 2.55. The number of aromatic nitrogens is 2. The molecule has 1 aromatic heterocycles. The number of fused-ring (bicyclic) bond motifs is 1. The van der Waals surface area contributed by atoms with E-state index in [1.54, 1.807) is 29.0 Å². The molecular formula is C27H38N8O3. The molecule has 3 fully saturated rings. The van der Waals surface area contributed by atoms with E-state index in [4.69, 9.17) is 11.5 Å². The van der Waals surface area contributed by atoms with Crippen molar-refractivity contribution in [1.82, 2.24) is 24.3 Å². The third-order valence-electron chi connectivity index (χ3n) is 8.35. The molecule has 4 atom stereocenters. The maximum atomic E-state index is 12.7. The van der Waals surface area contributed by atoms with Crippen LogP contribution in [0.25, 0.3) is 5.69 Å². The van der Waals surface area contributed by atoms with Crippen molar-refractivity contribution < 1.29 is 9.59 Å². The van der Waals surface area contributed by atoms with Gasteiger partial charge in [-0.15, -0.1) is 0 Å². The lowest BCUT2D eigenvalue weighted by molar-refractivity contribution is -0.133. The van der Waals surface area contributed by atoms with E-state index < -0.39 is 11.7 Å². The number of nitrogens with zero attached hydrogens (tertiary/aromatic N) is 5. The summed E-state index contributed by atoms with van der Waals surface area (Å²) in [6.45, 7) is 8.67. The summed E-state index contributed by atoms with van der Waals surface area (Å²) in [5, 5.41) is 2.69. The fraction of sp³-hybridized carbons (Fsp3) is 0.556. The molecule has 1 aliphatic carbocycles.